The lowest BCUT2D eigenvalue weighted by molar-refractivity contribution is 0.546. The summed E-state index contributed by atoms with van der Waals surface area (Å²) in [5, 5.41) is 3.08. The smallest absolute Gasteiger partial charge is 0.272 e. The number of nitrogens with one attached hydrogen (secondary N) is 1. The molecule has 0 aliphatic carbocycles. The predicted molar refractivity (Wildman–Crippen MR) is 52.9 cm³/mol. The molecule has 0 aliphatic rings. The van der Waals surface area contributed by atoms with Gasteiger partial charge in [0.2, 0.25) is 0 Å². The normalized spacial score (nSPS) is 11.4. The average molecular weight is 194 g/mol. The quantitative estimate of drug-likeness (QED) is 0.741. The fourth-order valence-electron chi connectivity index (χ4n) is 1.54. The maximum Gasteiger partial charge on any atom is 0.272 e. The first kappa shape index (κ1) is 8.99. The molecule has 0 amide bonds. The van der Waals surface area contributed by atoms with Crippen LogP contribution in [-0.2, 0) is 0 Å². The lowest BCUT2D eigenvalue weighted by Gasteiger charge is -2.07. The van der Waals surface area contributed by atoms with Crippen LogP contribution in [0.4, 0.5) is 4.39 Å². The Labute approximate surface area is 80.1 Å². The molecule has 1 aromatic carbocycles. The number of aromatic amines is 1. The first-order valence-corrected chi connectivity index (χ1v) is 4.49. The molecule has 0 aliphatic heterocycles. The van der Waals surface area contributed by atoms with Crippen molar-refractivity contribution in [2.45, 2.75) is 19.9 Å². The highest BCUT2D eigenvalue weighted by atomic mass is 19.1. The molecule has 4 heteroatoms. The Hall–Kier alpha value is -1.58. The van der Waals surface area contributed by atoms with Crippen LogP contribution in [0.5, 0.6) is 0 Å². The van der Waals surface area contributed by atoms with Crippen molar-refractivity contribution < 1.29 is 4.39 Å². The van der Waals surface area contributed by atoms with Gasteiger partial charge in [0.05, 0.1) is 10.9 Å². The van der Waals surface area contributed by atoms with Crippen molar-refractivity contribution in [1.29, 1.82) is 0 Å². The Morgan fingerprint density at radius 1 is 1.43 bits per heavy atom. The van der Waals surface area contributed by atoms with Gasteiger partial charge in [0.15, 0.2) is 0 Å². The van der Waals surface area contributed by atoms with Crippen molar-refractivity contribution in [3.8, 4) is 0 Å². The number of aromatic nitrogens is 2. The number of benzene rings is 1. The summed E-state index contributed by atoms with van der Waals surface area (Å²) in [7, 11) is 0. The Kier molecular flexibility index (Phi) is 1.91. The molecule has 0 saturated carbocycles. The molecule has 2 rings (SSSR count). The molecule has 2 aromatic rings. The lowest BCUT2D eigenvalue weighted by atomic mass is 10.2. The van der Waals surface area contributed by atoms with Crippen LogP contribution in [0.15, 0.2) is 23.0 Å². The van der Waals surface area contributed by atoms with Gasteiger partial charge in [0.1, 0.15) is 5.82 Å². The number of hydrogen-bond donors (Lipinski definition) is 1. The van der Waals surface area contributed by atoms with Gasteiger partial charge >= 0.3 is 0 Å². The van der Waals surface area contributed by atoms with E-state index < -0.39 is 0 Å². The number of rotatable bonds is 1. The molecule has 0 atom stereocenters. The van der Waals surface area contributed by atoms with Gasteiger partial charge in [-0.1, -0.05) is 0 Å². The van der Waals surface area contributed by atoms with Crippen molar-refractivity contribution in [3.63, 3.8) is 0 Å². The summed E-state index contributed by atoms with van der Waals surface area (Å²) >= 11 is 0. The minimum absolute atomic E-state index is 0.158. The minimum Gasteiger partial charge on any atom is -0.282 e. The lowest BCUT2D eigenvalue weighted by Crippen LogP contribution is -2.07. The van der Waals surface area contributed by atoms with E-state index in [1.165, 1.54) is 12.1 Å². The van der Waals surface area contributed by atoms with E-state index in [-0.39, 0.29) is 17.4 Å². The van der Waals surface area contributed by atoms with Gasteiger partial charge in [-0.25, -0.2) is 4.39 Å². The number of fused-ring (bicyclic) bond motifs is 1. The number of halogens is 1. The van der Waals surface area contributed by atoms with E-state index in [1.54, 1.807) is 10.7 Å². The Morgan fingerprint density at radius 3 is 2.79 bits per heavy atom. The van der Waals surface area contributed by atoms with E-state index in [2.05, 4.69) is 5.10 Å². The van der Waals surface area contributed by atoms with Crippen LogP contribution in [-0.4, -0.2) is 9.78 Å². The third-order valence-electron chi connectivity index (χ3n) is 2.20. The van der Waals surface area contributed by atoms with Gasteiger partial charge in [-0.3, -0.25) is 14.6 Å². The van der Waals surface area contributed by atoms with Gasteiger partial charge in [-0.2, -0.15) is 0 Å². The van der Waals surface area contributed by atoms with Crippen LogP contribution in [0.25, 0.3) is 10.9 Å². The number of hydrogen-bond acceptors (Lipinski definition) is 1. The average Bonchev–Trinajstić information content (AvgIpc) is 2.44. The Bertz CT molecular complexity index is 524. The van der Waals surface area contributed by atoms with Crippen molar-refractivity contribution in [1.82, 2.24) is 9.78 Å². The highest BCUT2D eigenvalue weighted by molar-refractivity contribution is 5.78. The van der Waals surface area contributed by atoms with Crippen LogP contribution in [0.1, 0.15) is 19.9 Å². The van der Waals surface area contributed by atoms with Crippen LogP contribution in [0, 0.1) is 5.82 Å². The van der Waals surface area contributed by atoms with Gasteiger partial charge in [-0.15, -0.1) is 0 Å². The second-order valence-electron chi connectivity index (χ2n) is 3.57. The summed E-state index contributed by atoms with van der Waals surface area (Å²) in [5.74, 6) is -0.385. The summed E-state index contributed by atoms with van der Waals surface area (Å²) < 4.78 is 14.6. The first-order chi connectivity index (χ1) is 6.59. The van der Waals surface area contributed by atoms with Crippen molar-refractivity contribution in [2.24, 2.45) is 0 Å². The van der Waals surface area contributed by atoms with E-state index in [0.29, 0.717) is 5.39 Å². The second kappa shape index (κ2) is 2.97. The summed E-state index contributed by atoms with van der Waals surface area (Å²) in [6.45, 7) is 3.91. The Morgan fingerprint density at radius 2 is 2.14 bits per heavy atom. The zero-order valence-corrected chi connectivity index (χ0v) is 8.04. The van der Waals surface area contributed by atoms with Crippen LogP contribution in [0.2, 0.25) is 0 Å². The summed E-state index contributed by atoms with van der Waals surface area (Å²) in [6, 6.07) is 4.38. The van der Waals surface area contributed by atoms with Crippen molar-refractivity contribution in [3.05, 3.63) is 34.4 Å². The largest absolute Gasteiger partial charge is 0.282 e. The highest BCUT2D eigenvalue weighted by Gasteiger charge is 2.08. The van der Waals surface area contributed by atoms with E-state index in [0.717, 1.165) is 5.52 Å². The fourth-order valence-corrected chi connectivity index (χ4v) is 1.54. The van der Waals surface area contributed by atoms with Crippen LogP contribution in [0.3, 0.4) is 0 Å². The third-order valence-corrected chi connectivity index (χ3v) is 2.20. The first-order valence-electron chi connectivity index (χ1n) is 4.49. The van der Waals surface area contributed by atoms with Crippen LogP contribution >= 0.6 is 0 Å². The fraction of sp³-hybridized carbons (Fsp3) is 0.300. The van der Waals surface area contributed by atoms with Gasteiger partial charge in [0.25, 0.3) is 5.56 Å². The predicted octanol–water partition coefficient (Wildman–Crippen LogP) is 2.05. The van der Waals surface area contributed by atoms with Crippen molar-refractivity contribution in [2.75, 3.05) is 0 Å². The highest BCUT2D eigenvalue weighted by Crippen LogP contribution is 2.15. The second-order valence-corrected chi connectivity index (χ2v) is 3.57. The number of H-pyrrole nitrogens is 1. The zero-order valence-electron chi connectivity index (χ0n) is 8.04. The molecule has 0 fully saturated rings. The van der Waals surface area contributed by atoms with Gasteiger partial charge in [-0.05, 0) is 32.0 Å². The maximum absolute atomic E-state index is 12.9. The monoisotopic (exact) mass is 194 g/mol. The van der Waals surface area contributed by atoms with Gasteiger partial charge < -0.3 is 0 Å². The SMILES string of the molecule is CC(C)n1[nH]c(=O)c2cc(F)ccc21. The van der Waals surface area contributed by atoms with E-state index >= 15 is 0 Å². The molecule has 1 heterocycles. The standard InChI is InChI=1S/C10H11FN2O/c1-6(2)13-9-4-3-7(11)5-8(9)10(14)12-13/h3-6H,1-2H3,(H,12,14). The summed E-state index contributed by atoms with van der Waals surface area (Å²) in [4.78, 5) is 11.4. The summed E-state index contributed by atoms with van der Waals surface area (Å²) in [6.07, 6.45) is 0. The van der Waals surface area contributed by atoms with Crippen LogP contribution < -0.4 is 5.56 Å². The molecule has 14 heavy (non-hydrogen) atoms. The molecule has 0 bridgehead atoms. The third kappa shape index (κ3) is 1.23. The molecular weight excluding hydrogens is 183 g/mol. The topological polar surface area (TPSA) is 37.8 Å². The molecule has 0 radical (unpaired) electrons. The number of nitrogens with zero attached hydrogens (tertiary/aromatic N) is 1. The van der Waals surface area contributed by atoms with E-state index in [1.807, 2.05) is 13.8 Å². The molecule has 1 aromatic heterocycles. The molecule has 3 nitrogen and oxygen atoms in total. The summed E-state index contributed by atoms with van der Waals surface area (Å²) in [5.41, 5.74) is 0.500. The van der Waals surface area contributed by atoms with E-state index in [9.17, 15) is 9.18 Å². The minimum atomic E-state index is -0.385. The maximum atomic E-state index is 12.9. The van der Waals surface area contributed by atoms with E-state index in [4.69, 9.17) is 0 Å². The molecule has 0 unspecified atom stereocenters. The molecule has 74 valence electrons. The molecule has 0 spiro atoms. The molecule has 0 saturated heterocycles. The Balaban J connectivity index is 2.84. The molecule has 1 N–H and O–H groups in total. The zero-order chi connectivity index (χ0) is 10.3. The van der Waals surface area contributed by atoms with Gasteiger partial charge in [0, 0.05) is 6.04 Å². The van der Waals surface area contributed by atoms with Crippen molar-refractivity contribution >= 4 is 10.9 Å². The molecular formula is C10H11FN2O.